The molecule has 0 unspecified atom stereocenters. The molecule has 0 saturated carbocycles. The van der Waals surface area contributed by atoms with Gasteiger partial charge in [-0.15, -0.1) is 0 Å². The highest BCUT2D eigenvalue weighted by atomic mass is 35.5. The van der Waals surface area contributed by atoms with Crippen molar-refractivity contribution in [3.05, 3.63) is 28.9 Å². The van der Waals surface area contributed by atoms with E-state index in [9.17, 15) is 0 Å². The van der Waals surface area contributed by atoms with Crippen molar-refractivity contribution < 1.29 is 0 Å². The van der Waals surface area contributed by atoms with Gasteiger partial charge in [0, 0.05) is 5.39 Å². The van der Waals surface area contributed by atoms with Crippen LogP contribution in [0.3, 0.4) is 0 Å². The smallest absolute Gasteiger partial charge is 0.189 e. The van der Waals surface area contributed by atoms with Gasteiger partial charge in [-0.05, 0) is 30.4 Å². The number of hydrogen-bond donors (Lipinski definition) is 0. The average molecular weight is 239 g/mol. The third-order valence-corrected chi connectivity index (χ3v) is 3.12. The van der Waals surface area contributed by atoms with Crippen LogP contribution in [0.1, 0.15) is 12.5 Å². The van der Waals surface area contributed by atoms with E-state index in [1.54, 1.807) is 0 Å². The molecule has 0 amide bonds. The van der Waals surface area contributed by atoms with Gasteiger partial charge >= 0.3 is 0 Å². The maximum atomic E-state index is 6.11. The second-order valence-corrected chi connectivity index (χ2v) is 4.34. The Morgan fingerprint density at radius 2 is 2.13 bits per heavy atom. The lowest BCUT2D eigenvalue weighted by Gasteiger charge is -2.03. The standard InChI is InChI=1S/C11H11ClN2S/c1-3-7-4-5-9-8(6-7)10(12)14-11(13-9)15-2/h4-6H,3H2,1-2H3. The number of aromatic nitrogens is 2. The van der Waals surface area contributed by atoms with Gasteiger partial charge in [0.15, 0.2) is 5.16 Å². The number of rotatable bonds is 2. The fourth-order valence-corrected chi connectivity index (χ4v) is 2.08. The lowest BCUT2D eigenvalue weighted by atomic mass is 10.1. The van der Waals surface area contributed by atoms with E-state index in [1.165, 1.54) is 17.3 Å². The summed E-state index contributed by atoms with van der Waals surface area (Å²) in [6.45, 7) is 2.12. The van der Waals surface area contributed by atoms with E-state index in [4.69, 9.17) is 11.6 Å². The van der Waals surface area contributed by atoms with Crippen molar-refractivity contribution >= 4 is 34.3 Å². The van der Waals surface area contributed by atoms with Crippen LogP contribution in [0, 0.1) is 0 Å². The van der Waals surface area contributed by atoms with E-state index in [0.29, 0.717) is 5.15 Å². The molecule has 2 aromatic rings. The van der Waals surface area contributed by atoms with E-state index in [1.807, 2.05) is 12.3 Å². The number of thioether (sulfide) groups is 1. The third-order valence-electron chi connectivity index (χ3n) is 2.28. The summed E-state index contributed by atoms with van der Waals surface area (Å²) in [5.74, 6) is 0. The van der Waals surface area contributed by atoms with Crippen molar-refractivity contribution in [1.82, 2.24) is 9.97 Å². The summed E-state index contributed by atoms with van der Waals surface area (Å²) < 4.78 is 0. The largest absolute Gasteiger partial charge is 0.222 e. The van der Waals surface area contributed by atoms with Gasteiger partial charge in [0.05, 0.1) is 5.52 Å². The number of fused-ring (bicyclic) bond motifs is 1. The predicted octanol–water partition coefficient (Wildman–Crippen LogP) is 3.57. The lowest BCUT2D eigenvalue weighted by molar-refractivity contribution is 1.01. The number of halogens is 1. The molecule has 0 aliphatic carbocycles. The van der Waals surface area contributed by atoms with Gasteiger partial charge in [0.2, 0.25) is 0 Å². The summed E-state index contributed by atoms with van der Waals surface area (Å²) in [6, 6.07) is 6.14. The summed E-state index contributed by atoms with van der Waals surface area (Å²) in [7, 11) is 0. The molecule has 2 rings (SSSR count). The Kier molecular flexibility index (Phi) is 3.12. The Balaban J connectivity index is 2.68. The van der Waals surface area contributed by atoms with Crippen LogP contribution in [-0.2, 0) is 6.42 Å². The Morgan fingerprint density at radius 1 is 1.33 bits per heavy atom. The van der Waals surface area contributed by atoms with Crippen LogP contribution in [0.25, 0.3) is 10.9 Å². The molecule has 0 radical (unpaired) electrons. The molecule has 0 N–H and O–H groups in total. The van der Waals surface area contributed by atoms with Crippen LogP contribution in [-0.4, -0.2) is 16.2 Å². The van der Waals surface area contributed by atoms with E-state index in [-0.39, 0.29) is 0 Å². The Hall–Kier alpha value is -0.800. The van der Waals surface area contributed by atoms with Crippen molar-refractivity contribution in [2.45, 2.75) is 18.5 Å². The molecule has 2 nitrogen and oxygen atoms in total. The summed E-state index contributed by atoms with van der Waals surface area (Å²) in [5.41, 5.74) is 2.17. The minimum absolute atomic E-state index is 0.541. The molecule has 1 heterocycles. The minimum Gasteiger partial charge on any atom is -0.222 e. The monoisotopic (exact) mass is 238 g/mol. The first-order valence-corrected chi connectivity index (χ1v) is 6.35. The number of nitrogens with zero attached hydrogens (tertiary/aromatic N) is 2. The highest BCUT2D eigenvalue weighted by molar-refractivity contribution is 7.98. The zero-order chi connectivity index (χ0) is 10.8. The van der Waals surface area contributed by atoms with E-state index >= 15 is 0 Å². The molecule has 15 heavy (non-hydrogen) atoms. The molecule has 4 heteroatoms. The van der Waals surface area contributed by atoms with Crippen LogP contribution in [0.2, 0.25) is 5.15 Å². The number of hydrogen-bond acceptors (Lipinski definition) is 3. The molecule has 0 atom stereocenters. The molecule has 1 aromatic carbocycles. The Labute approximate surface area is 98.1 Å². The van der Waals surface area contributed by atoms with E-state index < -0.39 is 0 Å². The molecule has 0 saturated heterocycles. The average Bonchev–Trinajstić information content (AvgIpc) is 2.28. The zero-order valence-corrected chi connectivity index (χ0v) is 10.2. The first kappa shape index (κ1) is 10.7. The predicted molar refractivity (Wildman–Crippen MR) is 65.7 cm³/mol. The van der Waals surface area contributed by atoms with Gasteiger partial charge in [-0.2, -0.15) is 0 Å². The van der Waals surface area contributed by atoms with Gasteiger partial charge in [-0.25, -0.2) is 9.97 Å². The molecular weight excluding hydrogens is 228 g/mol. The van der Waals surface area contributed by atoms with Crippen LogP contribution in [0.5, 0.6) is 0 Å². The van der Waals surface area contributed by atoms with Gasteiger partial charge in [0.1, 0.15) is 5.15 Å². The first-order chi connectivity index (χ1) is 7.24. The topological polar surface area (TPSA) is 25.8 Å². The Morgan fingerprint density at radius 3 is 2.80 bits per heavy atom. The summed E-state index contributed by atoms with van der Waals surface area (Å²) in [6.07, 6.45) is 2.94. The van der Waals surface area contributed by atoms with E-state index in [2.05, 4.69) is 29.0 Å². The minimum atomic E-state index is 0.541. The molecular formula is C11H11ClN2S. The summed E-state index contributed by atoms with van der Waals surface area (Å²) >= 11 is 7.61. The summed E-state index contributed by atoms with van der Waals surface area (Å²) in [4.78, 5) is 8.61. The molecule has 0 bridgehead atoms. The van der Waals surface area contributed by atoms with Gasteiger partial charge in [-0.1, -0.05) is 36.4 Å². The van der Waals surface area contributed by atoms with Gasteiger partial charge in [-0.3, -0.25) is 0 Å². The number of benzene rings is 1. The second kappa shape index (κ2) is 4.37. The highest BCUT2D eigenvalue weighted by Gasteiger charge is 2.05. The van der Waals surface area contributed by atoms with Crippen LogP contribution < -0.4 is 0 Å². The normalized spacial score (nSPS) is 10.9. The van der Waals surface area contributed by atoms with Gasteiger partial charge < -0.3 is 0 Å². The molecule has 0 aliphatic rings. The molecule has 1 aromatic heterocycles. The molecule has 78 valence electrons. The maximum absolute atomic E-state index is 6.11. The molecule has 0 spiro atoms. The fourth-order valence-electron chi connectivity index (χ4n) is 1.43. The second-order valence-electron chi connectivity index (χ2n) is 3.21. The Bertz CT molecular complexity index is 499. The van der Waals surface area contributed by atoms with Crippen molar-refractivity contribution in [3.8, 4) is 0 Å². The quantitative estimate of drug-likeness (QED) is 0.455. The van der Waals surface area contributed by atoms with Crippen molar-refractivity contribution in [2.24, 2.45) is 0 Å². The third kappa shape index (κ3) is 2.08. The van der Waals surface area contributed by atoms with Crippen LogP contribution in [0.15, 0.2) is 23.4 Å². The maximum Gasteiger partial charge on any atom is 0.189 e. The van der Waals surface area contributed by atoms with Crippen LogP contribution >= 0.6 is 23.4 Å². The zero-order valence-electron chi connectivity index (χ0n) is 8.62. The van der Waals surface area contributed by atoms with Crippen molar-refractivity contribution in [1.29, 1.82) is 0 Å². The summed E-state index contributed by atoms with van der Waals surface area (Å²) in [5, 5.41) is 2.20. The van der Waals surface area contributed by atoms with E-state index in [0.717, 1.165) is 22.5 Å². The molecule has 0 aliphatic heterocycles. The van der Waals surface area contributed by atoms with Gasteiger partial charge in [0.25, 0.3) is 0 Å². The first-order valence-electron chi connectivity index (χ1n) is 4.74. The number of aryl methyl sites for hydroxylation is 1. The lowest BCUT2D eigenvalue weighted by Crippen LogP contribution is -1.90. The molecule has 0 fully saturated rings. The van der Waals surface area contributed by atoms with Crippen molar-refractivity contribution in [3.63, 3.8) is 0 Å². The van der Waals surface area contributed by atoms with Crippen LogP contribution in [0.4, 0.5) is 0 Å². The fraction of sp³-hybridized carbons (Fsp3) is 0.273. The SMILES string of the molecule is CCc1ccc2nc(SC)nc(Cl)c2c1. The highest BCUT2D eigenvalue weighted by Crippen LogP contribution is 2.24. The van der Waals surface area contributed by atoms with Crippen molar-refractivity contribution in [2.75, 3.05) is 6.26 Å².